The molecule has 0 aliphatic heterocycles. The summed E-state index contributed by atoms with van der Waals surface area (Å²) in [6, 6.07) is 0. The Kier molecular flexibility index (Phi) is 2.97. The molecule has 1 amide bonds. The smallest absolute Gasteiger partial charge is 0.327 e. The molecule has 1 rings (SSSR count). The fourth-order valence-corrected chi connectivity index (χ4v) is 1.40. The van der Waals surface area contributed by atoms with Crippen LogP contribution in [-0.2, 0) is 11.8 Å². The highest BCUT2D eigenvalue weighted by molar-refractivity contribution is 9.10. The first kappa shape index (κ1) is 10.5. The van der Waals surface area contributed by atoms with Crippen molar-refractivity contribution in [3.05, 3.63) is 16.4 Å². The fourth-order valence-electron chi connectivity index (χ4n) is 0.585. The van der Waals surface area contributed by atoms with Crippen molar-refractivity contribution in [2.45, 2.75) is 4.83 Å². The standard InChI is InChI=1S/C6H5BrF2N2OS/c1-11-2-3-13-5(11)10-4(12)6(7,8)9/h2-3H,1H3. The van der Waals surface area contributed by atoms with Crippen molar-refractivity contribution in [3.63, 3.8) is 0 Å². The number of carbonyl (C=O) groups excluding carboxylic acids is 1. The number of aryl methyl sites for hydroxylation is 1. The minimum Gasteiger partial charge on any atom is -0.327 e. The van der Waals surface area contributed by atoms with Gasteiger partial charge in [0.2, 0.25) is 0 Å². The zero-order chi connectivity index (χ0) is 10.1. The van der Waals surface area contributed by atoms with Crippen molar-refractivity contribution in [1.82, 2.24) is 4.57 Å². The van der Waals surface area contributed by atoms with E-state index in [9.17, 15) is 13.6 Å². The molecule has 0 radical (unpaired) electrons. The topological polar surface area (TPSA) is 34.4 Å². The molecule has 1 aromatic rings. The molecule has 0 saturated heterocycles. The van der Waals surface area contributed by atoms with Crippen molar-refractivity contribution in [3.8, 4) is 0 Å². The van der Waals surface area contributed by atoms with E-state index in [1.54, 1.807) is 18.6 Å². The summed E-state index contributed by atoms with van der Waals surface area (Å²) in [4.78, 5) is 10.6. The lowest BCUT2D eigenvalue weighted by atomic mass is 10.7. The zero-order valence-electron chi connectivity index (χ0n) is 6.50. The van der Waals surface area contributed by atoms with Crippen LogP contribution in [0.1, 0.15) is 0 Å². The van der Waals surface area contributed by atoms with Crippen molar-refractivity contribution in [1.29, 1.82) is 0 Å². The Morgan fingerprint density at radius 1 is 1.77 bits per heavy atom. The molecule has 1 aromatic heterocycles. The number of nitrogens with zero attached hydrogens (tertiary/aromatic N) is 2. The van der Waals surface area contributed by atoms with Gasteiger partial charge in [-0.05, 0) is 0 Å². The van der Waals surface area contributed by atoms with Crippen LogP contribution < -0.4 is 4.80 Å². The van der Waals surface area contributed by atoms with Gasteiger partial charge in [-0.3, -0.25) is 4.79 Å². The molecule has 0 unspecified atom stereocenters. The molecule has 0 saturated carbocycles. The Labute approximate surface area is 84.9 Å². The second-order valence-corrected chi connectivity index (χ2v) is 4.08. The molecule has 72 valence electrons. The van der Waals surface area contributed by atoms with Crippen molar-refractivity contribution >= 4 is 33.2 Å². The molecule has 0 aliphatic carbocycles. The van der Waals surface area contributed by atoms with E-state index >= 15 is 0 Å². The summed E-state index contributed by atoms with van der Waals surface area (Å²) in [5.74, 6) is -1.49. The molecule has 13 heavy (non-hydrogen) atoms. The van der Waals surface area contributed by atoms with Crippen LogP contribution in [0.15, 0.2) is 16.6 Å². The summed E-state index contributed by atoms with van der Waals surface area (Å²) >= 11 is 3.05. The van der Waals surface area contributed by atoms with E-state index in [-0.39, 0.29) is 4.80 Å². The number of carbonyl (C=O) groups is 1. The van der Waals surface area contributed by atoms with E-state index < -0.39 is 10.7 Å². The molecule has 0 aliphatic rings. The van der Waals surface area contributed by atoms with Gasteiger partial charge in [-0.2, -0.15) is 13.8 Å². The van der Waals surface area contributed by atoms with E-state index in [0.29, 0.717) is 0 Å². The summed E-state index contributed by atoms with van der Waals surface area (Å²) < 4.78 is 26.1. The third-order valence-electron chi connectivity index (χ3n) is 1.20. The Balaban J connectivity index is 3.04. The van der Waals surface area contributed by atoms with Crippen LogP contribution >= 0.6 is 27.3 Å². The summed E-state index contributed by atoms with van der Waals surface area (Å²) in [7, 11) is 1.62. The van der Waals surface area contributed by atoms with Crippen LogP contribution in [0.3, 0.4) is 0 Å². The Hall–Kier alpha value is -0.560. The molecular weight excluding hydrogens is 266 g/mol. The lowest BCUT2D eigenvalue weighted by Gasteiger charge is -2.00. The van der Waals surface area contributed by atoms with Gasteiger partial charge in [0.05, 0.1) is 0 Å². The quantitative estimate of drug-likeness (QED) is 0.713. The maximum atomic E-state index is 12.3. The van der Waals surface area contributed by atoms with E-state index in [0.717, 1.165) is 11.3 Å². The van der Waals surface area contributed by atoms with Crippen LogP contribution in [0.25, 0.3) is 0 Å². The van der Waals surface area contributed by atoms with Crippen molar-refractivity contribution in [2.75, 3.05) is 0 Å². The van der Waals surface area contributed by atoms with Gasteiger partial charge < -0.3 is 4.57 Å². The number of alkyl halides is 3. The van der Waals surface area contributed by atoms with Gasteiger partial charge in [-0.25, -0.2) is 0 Å². The third kappa shape index (κ3) is 2.70. The predicted molar refractivity (Wildman–Crippen MR) is 47.7 cm³/mol. The highest BCUT2D eigenvalue weighted by Crippen LogP contribution is 2.22. The molecule has 0 fully saturated rings. The van der Waals surface area contributed by atoms with Gasteiger partial charge in [0.25, 0.3) is 0 Å². The first-order valence-electron chi connectivity index (χ1n) is 3.17. The Morgan fingerprint density at radius 3 is 2.77 bits per heavy atom. The lowest BCUT2D eigenvalue weighted by molar-refractivity contribution is -0.130. The minimum atomic E-state index is -3.58. The van der Waals surface area contributed by atoms with E-state index in [1.807, 2.05) is 15.9 Å². The van der Waals surface area contributed by atoms with Gasteiger partial charge in [0, 0.05) is 34.6 Å². The van der Waals surface area contributed by atoms with Gasteiger partial charge in [-0.15, -0.1) is 11.3 Å². The normalized spacial score (nSPS) is 13.4. The summed E-state index contributed by atoms with van der Waals surface area (Å²) in [6.07, 6.45) is 1.63. The molecule has 0 aromatic carbocycles. The summed E-state index contributed by atoms with van der Waals surface area (Å²) in [5, 5.41) is 1.65. The molecule has 1 heterocycles. The van der Waals surface area contributed by atoms with E-state index in [2.05, 4.69) is 4.99 Å². The number of halogens is 3. The second-order valence-electron chi connectivity index (χ2n) is 2.21. The maximum Gasteiger partial charge on any atom is 0.380 e. The molecule has 7 heteroatoms. The molecule has 0 N–H and O–H groups in total. The maximum absolute atomic E-state index is 12.3. The average molecular weight is 271 g/mol. The SMILES string of the molecule is Cn1ccsc1=NC(=O)C(F)(F)Br. The largest absolute Gasteiger partial charge is 0.380 e. The molecule has 0 bridgehead atoms. The second kappa shape index (κ2) is 3.67. The summed E-state index contributed by atoms with van der Waals surface area (Å²) in [5.41, 5.74) is 0. The van der Waals surface area contributed by atoms with Crippen molar-refractivity contribution in [2.24, 2.45) is 12.0 Å². The van der Waals surface area contributed by atoms with Crippen LogP contribution in [-0.4, -0.2) is 15.3 Å². The average Bonchev–Trinajstić information content (AvgIpc) is 2.34. The molecule has 0 spiro atoms. The molecular formula is C6H5BrF2N2OS. The van der Waals surface area contributed by atoms with Crippen LogP contribution in [0, 0.1) is 0 Å². The van der Waals surface area contributed by atoms with Crippen LogP contribution in [0.5, 0.6) is 0 Å². The van der Waals surface area contributed by atoms with Crippen molar-refractivity contribution < 1.29 is 13.6 Å². The first-order chi connectivity index (χ1) is 5.91. The molecule has 3 nitrogen and oxygen atoms in total. The number of hydrogen-bond acceptors (Lipinski definition) is 2. The number of thiazole rings is 1. The van der Waals surface area contributed by atoms with E-state index in [4.69, 9.17) is 0 Å². The zero-order valence-corrected chi connectivity index (χ0v) is 8.90. The van der Waals surface area contributed by atoms with Gasteiger partial charge in [0.15, 0.2) is 4.80 Å². The van der Waals surface area contributed by atoms with Gasteiger partial charge in [-0.1, -0.05) is 0 Å². The molecule has 0 atom stereocenters. The number of amides is 1. The highest BCUT2D eigenvalue weighted by atomic mass is 79.9. The third-order valence-corrected chi connectivity index (χ3v) is 2.39. The van der Waals surface area contributed by atoms with E-state index in [1.165, 1.54) is 4.57 Å². The number of hydrogen-bond donors (Lipinski definition) is 0. The number of rotatable bonds is 1. The van der Waals surface area contributed by atoms with Gasteiger partial charge >= 0.3 is 10.7 Å². The van der Waals surface area contributed by atoms with Gasteiger partial charge in [0.1, 0.15) is 0 Å². The Morgan fingerprint density at radius 2 is 2.38 bits per heavy atom. The monoisotopic (exact) mass is 270 g/mol. The number of aromatic nitrogens is 1. The fraction of sp³-hybridized carbons (Fsp3) is 0.333. The predicted octanol–water partition coefficient (Wildman–Crippen LogP) is 1.50. The first-order valence-corrected chi connectivity index (χ1v) is 4.84. The highest BCUT2D eigenvalue weighted by Gasteiger charge is 2.34. The minimum absolute atomic E-state index is 0.240. The summed E-state index contributed by atoms with van der Waals surface area (Å²) in [6.45, 7) is 0. The van der Waals surface area contributed by atoms with Crippen LogP contribution in [0.2, 0.25) is 0 Å². The lowest BCUT2D eigenvalue weighted by Crippen LogP contribution is -2.22. The Bertz CT molecular complexity index is 378. The van der Waals surface area contributed by atoms with Crippen LogP contribution in [0.4, 0.5) is 8.78 Å².